The van der Waals surface area contributed by atoms with Gasteiger partial charge in [0.05, 0.1) is 6.04 Å². The summed E-state index contributed by atoms with van der Waals surface area (Å²) in [5.74, 6) is 0.0705. The number of amides is 1. The molecule has 1 unspecified atom stereocenters. The summed E-state index contributed by atoms with van der Waals surface area (Å²) >= 11 is 5.84. The van der Waals surface area contributed by atoms with Crippen LogP contribution >= 0.6 is 11.6 Å². The van der Waals surface area contributed by atoms with Gasteiger partial charge < -0.3 is 10.6 Å². The number of halogens is 1. The number of nitrogens with one attached hydrogen (secondary N) is 2. The summed E-state index contributed by atoms with van der Waals surface area (Å²) in [4.78, 5) is 11.6. The van der Waals surface area contributed by atoms with E-state index in [0.717, 1.165) is 12.0 Å². The van der Waals surface area contributed by atoms with E-state index >= 15 is 0 Å². The van der Waals surface area contributed by atoms with Crippen molar-refractivity contribution in [3.05, 3.63) is 34.9 Å². The van der Waals surface area contributed by atoms with Gasteiger partial charge in [-0.15, -0.1) is 0 Å². The van der Waals surface area contributed by atoms with Crippen LogP contribution in [0.25, 0.3) is 0 Å². The van der Waals surface area contributed by atoms with Crippen LogP contribution in [0, 0.1) is 0 Å². The van der Waals surface area contributed by atoms with E-state index in [1.54, 1.807) is 0 Å². The molecule has 1 atom stereocenters. The van der Waals surface area contributed by atoms with Crippen molar-refractivity contribution in [1.29, 1.82) is 0 Å². The zero-order valence-corrected chi connectivity index (χ0v) is 11.1. The van der Waals surface area contributed by atoms with E-state index < -0.39 is 0 Å². The van der Waals surface area contributed by atoms with Crippen LogP contribution in [0.1, 0.15) is 31.4 Å². The van der Waals surface area contributed by atoms with E-state index in [-0.39, 0.29) is 11.9 Å². The van der Waals surface area contributed by atoms with Gasteiger partial charge in [0.1, 0.15) is 0 Å². The Balaban J connectivity index is 2.59. The Morgan fingerprint density at radius 2 is 2.00 bits per heavy atom. The lowest BCUT2D eigenvalue weighted by atomic mass is 10.0. The average Bonchev–Trinajstić information content (AvgIpc) is 2.34. The summed E-state index contributed by atoms with van der Waals surface area (Å²) < 4.78 is 0. The first kappa shape index (κ1) is 14.0. The van der Waals surface area contributed by atoms with E-state index in [2.05, 4.69) is 17.6 Å². The number of rotatable bonds is 6. The Morgan fingerprint density at radius 1 is 1.35 bits per heavy atom. The van der Waals surface area contributed by atoms with Crippen molar-refractivity contribution >= 4 is 17.5 Å². The number of hydrogen-bond acceptors (Lipinski definition) is 2. The molecule has 0 aromatic heterocycles. The van der Waals surface area contributed by atoms with E-state index in [1.165, 1.54) is 0 Å². The fourth-order valence-electron chi connectivity index (χ4n) is 1.62. The van der Waals surface area contributed by atoms with Gasteiger partial charge in [0.2, 0.25) is 5.91 Å². The highest BCUT2D eigenvalue weighted by molar-refractivity contribution is 6.30. The van der Waals surface area contributed by atoms with Gasteiger partial charge in [-0.2, -0.15) is 0 Å². The first-order chi connectivity index (χ1) is 8.17. The molecule has 1 rings (SSSR count). The normalized spacial score (nSPS) is 12.2. The minimum Gasteiger partial charge on any atom is -0.349 e. The van der Waals surface area contributed by atoms with Crippen LogP contribution in [0.5, 0.6) is 0 Å². The van der Waals surface area contributed by atoms with E-state index in [0.29, 0.717) is 18.0 Å². The van der Waals surface area contributed by atoms with Crippen molar-refractivity contribution in [2.75, 3.05) is 13.6 Å². The molecular formula is C13H19ClN2O. The largest absolute Gasteiger partial charge is 0.349 e. The Morgan fingerprint density at radius 3 is 2.53 bits per heavy atom. The molecule has 0 spiro atoms. The van der Waals surface area contributed by atoms with Crippen LogP contribution < -0.4 is 10.6 Å². The summed E-state index contributed by atoms with van der Waals surface area (Å²) in [6, 6.07) is 7.67. The fourth-order valence-corrected chi connectivity index (χ4v) is 1.75. The van der Waals surface area contributed by atoms with Gasteiger partial charge in [-0.3, -0.25) is 4.79 Å². The lowest BCUT2D eigenvalue weighted by Crippen LogP contribution is -2.30. The monoisotopic (exact) mass is 254 g/mol. The van der Waals surface area contributed by atoms with Crippen LogP contribution in [-0.2, 0) is 4.79 Å². The second kappa shape index (κ2) is 7.30. The maximum absolute atomic E-state index is 11.6. The summed E-state index contributed by atoms with van der Waals surface area (Å²) in [6.45, 7) is 2.75. The molecule has 0 fully saturated rings. The molecule has 4 heteroatoms. The predicted octanol–water partition coefficient (Wildman–Crippen LogP) is 2.52. The highest BCUT2D eigenvalue weighted by atomic mass is 35.5. The van der Waals surface area contributed by atoms with Crippen LogP contribution in [0.4, 0.5) is 0 Å². The van der Waals surface area contributed by atoms with Crippen LogP contribution in [-0.4, -0.2) is 19.5 Å². The van der Waals surface area contributed by atoms with Crippen molar-refractivity contribution in [2.24, 2.45) is 0 Å². The minimum atomic E-state index is 0.0663. The highest BCUT2D eigenvalue weighted by Gasteiger charge is 2.11. The fraction of sp³-hybridized carbons (Fsp3) is 0.462. The zero-order valence-electron chi connectivity index (χ0n) is 10.3. The number of carbonyl (C=O) groups excluding carboxylic acids is 1. The maximum Gasteiger partial charge on any atom is 0.221 e. The number of benzene rings is 1. The maximum atomic E-state index is 11.6. The number of hydrogen-bond donors (Lipinski definition) is 2. The smallest absolute Gasteiger partial charge is 0.221 e. The van der Waals surface area contributed by atoms with Crippen molar-refractivity contribution in [3.63, 3.8) is 0 Å². The third-order valence-electron chi connectivity index (χ3n) is 2.62. The summed E-state index contributed by atoms with van der Waals surface area (Å²) in [6.07, 6.45) is 1.37. The van der Waals surface area contributed by atoms with Crippen molar-refractivity contribution < 1.29 is 4.79 Å². The first-order valence-corrected chi connectivity index (χ1v) is 6.24. The van der Waals surface area contributed by atoms with Gasteiger partial charge in [-0.05, 0) is 31.2 Å². The van der Waals surface area contributed by atoms with E-state index in [1.807, 2.05) is 31.3 Å². The van der Waals surface area contributed by atoms with Gasteiger partial charge >= 0.3 is 0 Å². The average molecular weight is 255 g/mol. The third kappa shape index (κ3) is 4.75. The van der Waals surface area contributed by atoms with E-state index in [4.69, 9.17) is 11.6 Å². The quantitative estimate of drug-likeness (QED) is 0.819. The predicted molar refractivity (Wildman–Crippen MR) is 71.2 cm³/mol. The molecule has 0 aliphatic rings. The molecule has 17 heavy (non-hydrogen) atoms. The molecular weight excluding hydrogens is 236 g/mol. The van der Waals surface area contributed by atoms with E-state index in [9.17, 15) is 4.79 Å². The first-order valence-electron chi connectivity index (χ1n) is 5.86. The molecule has 1 amide bonds. The van der Waals surface area contributed by atoms with Crippen LogP contribution in [0.3, 0.4) is 0 Å². The Hall–Kier alpha value is -1.06. The molecule has 0 radical (unpaired) electrons. The second-order valence-electron chi connectivity index (χ2n) is 3.93. The molecule has 1 aromatic carbocycles. The third-order valence-corrected chi connectivity index (χ3v) is 2.87. The van der Waals surface area contributed by atoms with Crippen LogP contribution in [0.15, 0.2) is 24.3 Å². The standard InChI is InChI=1S/C13H19ClN2O/c1-3-12(16-13(17)8-9-15-2)10-4-6-11(14)7-5-10/h4-7,12,15H,3,8-9H2,1-2H3,(H,16,17). The highest BCUT2D eigenvalue weighted by Crippen LogP contribution is 2.19. The topological polar surface area (TPSA) is 41.1 Å². The molecule has 0 aliphatic carbocycles. The second-order valence-corrected chi connectivity index (χ2v) is 4.37. The minimum absolute atomic E-state index is 0.0663. The van der Waals surface area contributed by atoms with Gasteiger partial charge in [0, 0.05) is 18.0 Å². The molecule has 1 aromatic rings. The summed E-state index contributed by atoms with van der Waals surface area (Å²) in [7, 11) is 1.84. The Labute approximate surface area is 108 Å². The number of carbonyl (C=O) groups is 1. The zero-order chi connectivity index (χ0) is 12.7. The van der Waals surface area contributed by atoms with Crippen molar-refractivity contribution in [3.8, 4) is 0 Å². The van der Waals surface area contributed by atoms with Crippen molar-refractivity contribution in [2.45, 2.75) is 25.8 Å². The molecule has 0 saturated heterocycles. The summed E-state index contributed by atoms with van der Waals surface area (Å²) in [5, 5.41) is 6.69. The summed E-state index contributed by atoms with van der Waals surface area (Å²) in [5.41, 5.74) is 1.09. The molecule has 94 valence electrons. The molecule has 0 bridgehead atoms. The molecule has 2 N–H and O–H groups in total. The Bertz CT molecular complexity index is 351. The molecule has 3 nitrogen and oxygen atoms in total. The van der Waals surface area contributed by atoms with Gasteiger partial charge in [0.15, 0.2) is 0 Å². The van der Waals surface area contributed by atoms with Gasteiger partial charge in [-0.25, -0.2) is 0 Å². The SMILES string of the molecule is CCC(NC(=O)CCNC)c1ccc(Cl)cc1. The molecule has 0 heterocycles. The van der Waals surface area contributed by atoms with Gasteiger partial charge in [-0.1, -0.05) is 30.7 Å². The molecule has 0 aliphatic heterocycles. The lowest BCUT2D eigenvalue weighted by molar-refractivity contribution is -0.121. The lowest BCUT2D eigenvalue weighted by Gasteiger charge is -2.17. The Kier molecular flexibility index (Phi) is 6.01. The van der Waals surface area contributed by atoms with Crippen molar-refractivity contribution in [1.82, 2.24) is 10.6 Å². The van der Waals surface area contributed by atoms with Gasteiger partial charge in [0.25, 0.3) is 0 Å². The molecule has 0 saturated carbocycles. The van der Waals surface area contributed by atoms with Crippen LogP contribution in [0.2, 0.25) is 5.02 Å².